The molecule has 19 heavy (non-hydrogen) atoms. The molecule has 0 saturated heterocycles. The third kappa shape index (κ3) is 3.12. The smallest absolute Gasteiger partial charge is 0.406 e. The topological polar surface area (TPSA) is 44.1 Å². The fraction of sp³-hybridized carbons (Fsp3) is 0.167. The molecule has 0 bridgehead atoms. The van der Waals surface area contributed by atoms with Gasteiger partial charge in [0.15, 0.2) is 5.82 Å². The lowest BCUT2D eigenvalue weighted by atomic mass is 10.1. The van der Waals surface area contributed by atoms with Gasteiger partial charge in [-0.25, -0.2) is 4.98 Å². The predicted octanol–water partition coefficient (Wildman–Crippen LogP) is 2.55. The van der Waals surface area contributed by atoms with E-state index in [1.807, 2.05) is 0 Å². The van der Waals surface area contributed by atoms with Gasteiger partial charge in [-0.1, -0.05) is 12.1 Å². The summed E-state index contributed by atoms with van der Waals surface area (Å²) in [6.07, 6.45) is -1.78. The molecular formula is C12H9F3N2O2. The average Bonchev–Trinajstić information content (AvgIpc) is 2.72. The van der Waals surface area contributed by atoms with Crippen LogP contribution in [-0.4, -0.2) is 21.7 Å². The Morgan fingerprint density at radius 2 is 2.11 bits per heavy atom. The van der Waals surface area contributed by atoms with Gasteiger partial charge in [-0.15, -0.1) is 13.2 Å². The third-order valence-corrected chi connectivity index (χ3v) is 2.35. The molecule has 2 rings (SSSR count). The van der Waals surface area contributed by atoms with Crippen LogP contribution >= 0.6 is 0 Å². The number of benzene rings is 1. The monoisotopic (exact) mass is 270 g/mol. The SMILES string of the molecule is Cn1ccnc1C(=O)c1cccc(OC(F)(F)F)c1. The summed E-state index contributed by atoms with van der Waals surface area (Å²) in [5.74, 6) is -0.767. The summed E-state index contributed by atoms with van der Waals surface area (Å²) in [5.41, 5.74) is 0.0797. The number of carbonyl (C=O) groups is 1. The number of aryl methyl sites for hydroxylation is 1. The number of alkyl halides is 3. The molecule has 2 aromatic rings. The zero-order valence-electron chi connectivity index (χ0n) is 9.81. The van der Waals surface area contributed by atoms with Crippen molar-refractivity contribution < 1.29 is 22.7 Å². The molecular weight excluding hydrogens is 261 g/mol. The zero-order valence-corrected chi connectivity index (χ0v) is 9.81. The number of hydrogen-bond donors (Lipinski definition) is 0. The van der Waals surface area contributed by atoms with Crippen LogP contribution in [0, 0.1) is 0 Å². The van der Waals surface area contributed by atoms with Gasteiger partial charge in [-0.2, -0.15) is 0 Å². The summed E-state index contributed by atoms with van der Waals surface area (Å²) in [6, 6.07) is 4.88. The molecule has 1 heterocycles. The van der Waals surface area contributed by atoms with Crippen molar-refractivity contribution in [3.63, 3.8) is 0 Å². The fourth-order valence-electron chi connectivity index (χ4n) is 1.55. The van der Waals surface area contributed by atoms with Gasteiger partial charge in [0.2, 0.25) is 5.78 Å². The Hall–Kier alpha value is -2.31. The number of nitrogens with zero attached hydrogens (tertiary/aromatic N) is 2. The minimum Gasteiger partial charge on any atom is -0.406 e. The van der Waals surface area contributed by atoms with E-state index in [1.165, 1.54) is 22.9 Å². The Kier molecular flexibility index (Phi) is 3.28. The van der Waals surface area contributed by atoms with E-state index < -0.39 is 17.9 Å². The van der Waals surface area contributed by atoms with Crippen molar-refractivity contribution in [1.29, 1.82) is 0 Å². The number of rotatable bonds is 3. The molecule has 1 aromatic heterocycles. The zero-order chi connectivity index (χ0) is 14.0. The van der Waals surface area contributed by atoms with Crippen molar-refractivity contribution in [2.75, 3.05) is 0 Å². The third-order valence-electron chi connectivity index (χ3n) is 2.35. The lowest BCUT2D eigenvalue weighted by Gasteiger charge is -2.09. The molecule has 0 amide bonds. The maximum Gasteiger partial charge on any atom is 0.573 e. The van der Waals surface area contributed by atoms with Crippen LogP contribution in [0.25, 0.3) is 0 Å². The summed E-state index contributed by atoms with van der Waals surface area (Å²) < 4.78 is 41.5. The van der Waals surface area contributed by atoms with Crippen molar-refractivity contribution in [2.45, 2.75) is 6.36 Å². The first-order chi connectivity index (χ1) is 8.87. The highest BCUT2D eigenvalue weighted by atomic mass is 19.4. The van der Waals surface area contributed by atoms with Crippen molar-refractivity contribution in [2.24, 2.45) is 7.05 Å². The van der Waals surface area contributed by atoms with E-state index in [1.54, 1.807) is 13.2 Å². The summed E-state index contributed by atoms with van der Waals surface area (Å²) in [4.78, 5) is 15.9. The molecule has 0 radical (unpaired) electrons. The van der Waals surface area contributed by atoms with Crippen LogP contribution in [0.2, 0.25) is 0 Å². The van der Waals surface area contributed by atoms with Gasteiger partial charge >= 0.3 is 6.36 Å². The quantitative estimate of drug-likeness (QED) is 0.805. The lowest BCUT2D eigenvalue weighted by Crippen LogP contribution is -2.17. The number of halogens is 3. The van der Waals surface area contributed by atoms with Crippen molar-refractivity contribution in [1.82, 2.24) is 9.55 Å². The van der Waals surface area contributed by atoms with Crippen molar-refractivity contribution in [3.05, 3.63) is 48.0 Å². The Labute approximate surface area is 106 Å². The highest BCUT2D eigenvalue weighted by Gasteiger charge is 2.31. The summed E-state index contributed by atoms with van der Waals surface area (Å²) >= 11 is 0. The number of aromatic nitrogens is 2. The maximum atomic E-state index is 12.1. The highest BCUT2D eigenvalue weighted by molar-refractivity contribution is 6.06. The Bertz CT molecular complexity index is 605. The number of imidazole rings is 1. The number of hydrogen-bond acceptors (Lipinski definition) is 3. The first kappa shape index (κ1) is 13.1. The van der Waals surface area contributed by atoms with E-state index in [-0.39, 0.29) is 11.4 Å². The van der Waals surface area contributed by atoms with E-state index >= 15 is 0 Å². The van der Waals surface area contributed by atoms with Gasteiger partial charge in [-0.3, -0.25) is 4.79 Å². The molecule has 0 aliphatic heterocycles. The minimum absolute atomic E-state index is 0.0797. The predicted molar refractivity (Wildman–Crippen MR) is 59.8 cm³/mol. The molecule has 0 aliphatic carbocycles. The molecule has 4 nitrogen and oxygen atoms in total. The van der Waals surface area contributed by atoms with E-state index in [0.717, 1.165) is 12.1 Å². The molecule has 0 N–H and O–H groups in total. The maximum absolute atomic E-state index is 12.1. The fourth-order valence-corrected chi connectivity index (χ4v) is 1.55. The second-order valence-electron chi connectivity index (χ2n) is 3.77. The molecule has 0 atom stereocenters. The van der Waals surface area contributed by atoms with Gasteiger partial charge in [0.05, 0.1) is 0 Å². The van der Waals surface area contributed by atoms with E-state index in [0.29, 0.717) is 0 Å². The standard InChI is InChI=1S/C12H9F3N2O2/c1-17-6-5-16-11(17)10(18)8-3-2-4-9(7-8)19-12(13,14)15/h2-7H,1H3. The Balaban J connectivity index is 2.29. The minimum atomic E-state index is -4.79. The molecule has 0 fully saturated rings. The Morgan fingerprint density at radius 3 is 2.68 bits per heavy atom. The molecule has 0 saturated carbocycles. The van der Waals surface area contributed by atoms with Gasteiger partial charge in [0, 0.05) is 25.0 Å². The highest BCUT2D eigenvalue weighted by Crippen LogP contribution is 2.24. The van der Waals surface area contributed by atoms with Crippen LogP contribution in [0.5, 0.6) is 5.75 Å². The van der Waals surface area contributed by atoms with E-state index in [9.17, 15) is 18.0 Å². The summed E-state index contributed by atoms with van der Waals surface area (Å²) in [6.45, 7) is 0. The lowest BCUT2D eigenvalue weighted by molar-refractivity contribution is -0.274. The first-order valence-electron chi connectivity index (χ1n) is 5.24. The van der Waals surface area contributed by atoms with Crippen LogP contribution < -0.4 is 4.74 Å². The molecule has 100 valence electrons. The van der Waals surface area contributed by atoms with E-state index in [2.05, 4.69) is 9.72 Å². The molecule has 1 aromatic carbocycles. The van der Waals surface area contributed by atoms with Crippen molar-refractivity contribution >= 4 is 5.78 Å². The summed E-state index contributed by atoms with van der Waals surface area (Å²) in [7, 11) is 1.62. The van der Waals surface area contributed by atoms with Crippen LogP contribution in [0.15, 0.2) is 36.7 Å². The first-order valence-corrected chi connectivity index (χ1v) is 5.24. The van der Waals surface area contributed by atoms with E-state index in [4.69, 9.17) is 0 Å². The number of ether oxygens (including phenoxy) is 1. The second-order valence-corrected chi connectivity index (χ2v) is 3.77. The molecule has 0 spiro atoms. The molecule has 7 heteroatoms. The van der Waals surface area contributed by atoms with Gasteiger partial charge in [0.1, 0.15) is 5.75 Å². The van der Waals surface area contributed by atoms with Crippen molar-refractivity contribution in [3.8, 4) is 5.75 Å². The largest absolute Gasteiger partial charge is 0.573 e. The Morgan fingerprint density at radius 1 is 1.37 bits per heavy atom. The number of carbonyl (C=O) groups excluding carboxylic acids is 1. The van der Waals surface area contributed by atoms with Crippen LogP contribution in [-0.2, 0) is 7.05 Å². The molecule has 0 unspecified atom stereocenters. The van der Waals surface area contributed by atoms with Gasteiger partial charge in [0.25, 0.3) is 0 Å². The average molecular weight is 270 g/mol. The van der Waals surface area contributed by atoms with Gasteiger partial charge in [-0.05, 0) is 12.1 Å². The number of ketones is 1. The second kappa shape index (κ2) is 4.75. The molecule has 0 aliphatic rings. The summed E-state index contributed by atoms with van der Waals surface area (Å²) in [5, 5.41) is 0. The normalized spacial score (nSPS) is 11.4. The van der Waals surface area contributed by atoms with Crippen LogP contribution in [0.4, 0.5) is 13.2 Å². The van der Waals surface area contributed by atoms with Crippen LogP contribution in [0.3, 0.4) is 0 Å². The van der Waals surface area contributed by atoms with Crippen LogP contribution in [0.1, 0.15) is 16.2 Å². The van der Waals surface area contributed by atoms with Gasteiger partial charge < -0.3 is 9.30 Å².